The SMILES string of the molecule is CCCCc1ccc(COc2ccc(-c3ccc(CCCCCO)cc3CC)c(CC)c2)cc1. The Bertz CT molecular complexity index is 1000. The Morgan fingerprint density at radius 1 is 0.618 bits per heavy atom. The summed E-state index contributed by atoms with van der Waals surface area (Å²) in [5.41, 5.74) is 9.42. The molecule has 0 heterocycles. The number of ether oxygens (including phenoxy) is 1. The molecule has 0 fully saturated rings. The Balaban J connectivity index is 1.69. The van der Waals surface area contributed by atoms with Crippen molar-refractivity contribution in [2.45, 2.75) is 85.2 Å². The van der Waals surface area contributed by atoms with E-state index in [4.69, 9.17) is 9.84 Å². The minimum atomic E-state index is 0.296. The summed E-state index contributed by atoms with van der Waals surface area (Å²) in [6.07, 6.45) is 9.84. The zero-order valence-corrected chi connectivity index (χ0v) is 21.4. The normalized spacial score (nSPS) is 11.1. The maximum Gasteiger partial charge on any atom is 0.120 e. The maximum absolute atomic E-state index is 9.00. The molecule has 0 bridgehead atoms. The van der Waals surface area contributed by atoms with Gasteiger partial charge in [-0.25, -0.2) is 0 Å². The van der Waals surface area contributed by atoms with Gasteiger partial charge in [-0.2, -0.15) is 0 Å². The van der Waals surface area contributed by atoms with E-state index in [9.17, 15) is 0 Å². The van der Waals surface area contributed by atoms with Gasteiger partial charge in [-0.3, -0.25) is 0 Å². The zero-order valence-electron chi connectivity index (χ0n) is 21.4. The summed E-state index contributed by atoms with van der Waals surface area (Å²) in [6.45, 7) is 7.59. The molecule has 0 saturated carbocycles. The fourth-order valence-corrected chi connectivity index (χ4v) is 4.54. The van der Waals surface area contributed by atoms with Gasteiger partial charge in [0.1, 0.15) is 12.4 Å². The average Bonchev–Trinajstić information content (AvgIpc) is 2.89. The van der Waals surface area contributed by atoms with Crippen molar-refractivity contribution in [1.29, 1.82) is 0 Å². The number of aliphatic hydroxyl groups excluding tert-OH is 1. The van der Waals surface area contributed by atoms with Crippen LogP contribution in [0.1, 0.15) is 80.7 Å². The highest BCUT2D eigenvalue weighted by Gasteiger charge is 2.11. The van der Waals surface area contributed by atoms with E-state index >= 15 is 0 Å². The quantitative estimate of drug-likeness (QED) is 0.247. The second-order valence-corrected chi connectivity index (χ2v) is 9.26. The van der Waals surface area contributed by atoms with Crippen LogP contribution in [-0.4, -0.2) is 11.7 Å². The molecular formula is C32H42O2. The first-order valence-electron chi connectivity index (χ1n) is 13.2. The van der Waals surface area contributed by atoms with Crippen LogP contribution in [0.25, 0.3) is 11.1 Å². The van der Waals surface area contributed by atoms with Crippen LogP contribution in [-0.2, 0) is 32.3 Å². The highest BCUT2D eigenvalue weighted by Crippen LogP contribution is 2.32. The van der Waals surface area contributed by atoms with Gasteiger partial charge in [-0.1, -0.05) is 82.1 Å². The summed E-state index contributed by atoms with van der Waals surface area (Å²) in [5.74, 6) is 0.939. The summed E-state index contributed by atoms with van der Waals surface area (Å²) in [7, 11) is 0. The molecule has 0 aliphatic carbocycles. The van der Waals surface area contributed by atoms with Crippen molar-refractivity contribution >= 4 is 0 Å². The summed E-state index contributed by atoms with van der Waals surface area (Å²) >= 11 is 0. The lowest BCUT2D eigenvalue weighted by Gasteiger charge is -2.16. The van der Waals surface area contributed by atoms with Crippen LogP contribution < -0.4 is 4.74 Å². The molecule has 3 aromatic rings. The van der Waals surface area contributed by atoms with E-state index in [0.717, 1.165) is 50.7 Å². The lowest BCUT2D eigenvalue weighted by atomic mass is 9.91. The molecule has 0 aromatic heterocycles. The van der Waals surface area contributed by atoms with Gasteiger partial charge in [0.25, 0.3) is 0 Å². The number of benzene rings is 3. The third-order valence-electron chi connectivity index (χ3n) is 6.67. The van der Waals surface area contributed by atoms with Crippen LogP contribution in [0.4, 0.5) is 0 Å². The van der Waals surface area contributed by atoms with Crippen molar-refractivity contribution in [2.75, 3.05) is 6.61 Å². The summed E-state index contributed by atoms with van der Waals surface area (Å²) in [6, 6.07) is 22.4. The van der Waals surface area contributed by atoms with Crippen molar-refractivity contribution in [1.82, 2.24) is 0 Å². The minimum Gasteiger partial charge on any atom is -0.489 e. The molecule has 1 N–H and O–H groups in total. The smallest absolute Gasteiger partial charge is 0.120 e. The fraction of sp³-hybridized carbons (Fsp3) is 0.438. The van der Waals surface area contributed by atoms with Crippen LogP contribution in [0.2, 0.25) is 0 Å². The predicted octanol–water partition coefficient (Wildman–Crippen LogP) is 8.11. The lowest BCUT2D eigenvalue weighted by molar-refractivity contribution is 0.283. The Morgan fingerprint density at radius 3 is 1.91 bits per heavy atom. The fourth-order valence-electron chi connectivity index (χ4n) is 4.54. The number of aryl methyl sites for hydroxylation is 4. The average molecular weight is 459 g/mol. The first-order valence-corrected chi connectivity index (χ1v) is 13.2. The molecule has 3 aromatic carbocycles. The third-order valence-corrected chi connectivity index (χ3v) is 6.67. The zero-order chi connectivity index (χ0) is 24.2. The number of unbranched alkanes of at least 4 members (excludes halogenated alkanes) is 3. The largest absolute Gasteiger partial charge is 0.489 e. The maximum atomic E-state index is 9.00. The first-order chi connectivity index (χ1) is 16.7. The van der Waals surface area contributed by atoms with Crippen molar-refractivity contribution < 1.29 is 9.84 Å². The van der Waals surface area contributed by atoms with Crippen LogP contribution in [0.15, 0.2) is 60.7 Å². The summed E-state index contributed by atoms with van der Waals surface area (Å²) < 4.78 is 6.17. The number of rotatable bonds is 14. The van der Waals surface area contributed by atoms with E-state index in [-0.39, 0.29) is 0 Å². The van der Waals surface area contributed by atoms with Crippen LogP contribution in [0.5, 0.6) is 5.75 Å². The highest BCUT2D eigenvalue weighted by molar-refractivity contribution is 5.72. The molecular weight excluding hydrogens is 416 g/mol. The highest BCUT2D eigenvalue weighted by atomic mass is 16.5. The van der Waals surface area contributed by atoms with Gasteiger partial charge in [-0.15, -0.1) is 0 Å². The molecule has 2 nitrogen and oxygen atoms in total. The van der Waals surface area contributed by atoms with Gasteiger partial charge >= 0.3 is 0 Å². The molecule has 0 amide bonds. The van der Waals surface area contributed by atoms with E-state index in [1.165, 1.54) is 51.8 Å². The molecule has 0 radical (unpaired) electrons. The number of hydrogen-bond donors (Lipinski definition) is 1. The van der Waals surface area contributed by atoms with Gasteiger partial charge in [-0.05, 0) is 96.0 Å². The molecule has 2 heteroatoms. The van der Waals surface area contributed by atoms with Gasteiger partial charge < -0.3 is 9.84 Å². The van der Waals surface area contributed by atoms with Gasteiger partial charge in [0.2, 0.25) is 0 Å². The van der Waals surface area contributed by atoms with E-state index in [0.29, 0.717) is 13.2 Å². The second kappa shape index (κ2) is 14.0. The van der Waals surface area contributed by atoms with Gasteiger partial charge in [0, 0.05) is 6.61 Å². The lowest BCUT2D eigenvalue weighted by Crippen LogP contribution is -1.99. The minimum absolute atomic E-state index is 0.296. The Kier molecular flexibility index (Phi) is 10.7. The molecule has 0 atom stereocenters. The van der Waals surface area contributed by atoms with Crippen LogP contribution >= 0.6 is 0 Å². The molecule has 3 rings (SSSR count). The Morgan fingerprint density at radius 2 is 1.24 bits per heavy atom. The van der Waals surface area contributed by atoms with Crippen LogP contribution in [0.3, 0.4) is 0 Å². The van der Waals surface area contributed by atoms with E-state index in [2.05, 4.69) is 81.4 Å². The van der Waals surface area contributed by atoms with Crippen molar-refractivity contribution in [3.63, 3.8) is 0 Å². The standard InChI is InChI=1S/C32H42O2/c1-4-7-11-25-13-15-27(16-14-25)24-34-30-18-20-32(29(6-3)23-30)31-19-17-26(22-28(31)5-2)12-9-8-10-21-33/h13-20,22-23,33H,4-12,21,24H2,1-3H3. The molecule has 182 valence electrons. The van der Waals surface area contributed by atoms with Crippen LogP contribution in [0, 0.1) is 0 Å². The van der Waals surface area contributed by atoms with Crippen molar-refractivity contribution in [2.24, 2.45) is 0 Å². The Hall–Kier alpha value is -2.58. The molecule has 0 spiro atoms. The summed E-state index contributed by atoms with van der Waals surface area (Å²) in [5, 5.41) is 9.00. The number of aliphatic hydroxyl groups is 1. The predicted molar refractivity (Wildman–Crippen MR) is 145 cm³/mol. The molecule has 0 aliphatic rings. The monoisotopic (exact) mass is 458 g/mol. The molecule has 34 heavy (non-hydrogen) atoms. The van der Waals surface area contributed by atoms with E-state index < -0.39 is 0 Å². The molecule has 0 aliphatic heterocycles. The second-order valence-electron chi connectivity index (χ2n) is 9.26. The van der Waals surface area contributed by atoms with E-state index in [1.54, 1.807) is 0 Å². The number of hydrogen-bond acceptors (Lipinski definition) is 2. The van der Waals surface area contributed by atoms with Crippen molar-refractivity contribution in [3.05, 3.63) is 88.5 Å². The van der Waals surface area contributed by atoms with E-state index in [1.807, 2.05) is 0 Å². The summed E-state index contributed by atoms with van der Waals surface area (Å²) in [4.78, 5) is 0. The third kappa shape index (κ3) is 7.46. The van der Waals surface area contributed by atoms with Crippen molar-refractivity contribution in [3.8, 4) is 16.9 Å². The van der Waals surface area contributed by atoms with Gasteiger partial charge in [0.05, 0.1) is 0 Å². The Labute approximate surface area is 207 Å². The first kappa shape index (κ1) is 26.0. The topological polar surface area (TPSA) is 29.5 Å². The molecule has 0 unspecified atom stereocenters. The van der Waals surface area contributed by atoms with Gasteiger partial charge in [0.15, 0.2) is 0 Å². The molecule has 0 saturated heterocycles.